The molecule has 8 nitrogen and oxygen atoms in total. The van der Waals surface area contributed by atoms with Crippen molar-refractivity contribution in [2.24, 2.45) is 0 Å². The van der Waals surface area contributed by atoms with Crippen LogP contribution in [0.15, 0.2) is 26.1 Å². The molecule has 1 aromatic carbocycles. The molecule has 0 atom stereocenters. The number of esters is 2. The molecule has 1 aliphatic carbocycles. The zero-order valence-corrected chi connectivity index (χ0v) is 18.8. The Morgan fingerprint density at radius 2 is 1.56 bits per heavy atom. The molecule has 0 saturated carbocycles. The molecular weight excluding hydrogens is 414 g/mol. The van der Waals surface area contributed by atoms with E-state index < -0.39 is 28.4 Å². The van der Waals surface area contributed by atoms with Crippen LogP contribution in [-0.4, -0.2) is 30.1 Å². The largest absolute Gasteiger partial charge is 0.462 e. The second kappa shape index (κ2) is 9.80. The van der Waals surface area contributed by atoms with Gasteiger partial charge in [0.2, 0.25) is 10.9 Å². The number of carbonyl (C=O) groups excluding carboxylic acids is 2. The Morgan fingerprint density at radius 3 is 2.19 bits per heavy atom. The number of aryl methyl sites for hydroxylation is 1. The Labute approximate surface area is 184 Å². The van der Waals surface area contributed by atoms with Crippen LogP contribution in [0.25, 0.3) is 22.6 Å². The molecule has 1 aromatic rings. The lowest BCUT2D eigenvalue weighted by molar-refractivity contribution is 0.0491. The first-order valence-corrected chi connectivity index (χ1v) is 10.8. The van der Waals surface area contributed by atoms with Gasteiger partial charge in [0.25, 0.3) is 0 Å². The lowest BCUT2D eigenvalue weighted by atomic mass is 10.0. The highest BCUT2D eigenvalue weighted by atomic mass is 16.5. The van der Waals surface area contributed by atoms with E-state index >= 15 is 0 Å². The summed E-state index contributed by atoms with van der Waals surface area (Å²) in [6.07, 6.45) is 3.03. The summed E-state index contributed by atoms with van der Waals surface area (Å²) >= 11 is 0. The van der Waals surface area contributed by atoms with Crippen LogP contribution in [0, 0.1) is 13.8 Å². The van der Waals surface area contributed by atoms with Crippen LogP contribution in [-0.2, 0) is 9.47 Å². The smallest absolute Gasteiger partial charge is 0.344 e. The van der Waals surface area contributed by atoms with Crippen molar-refractivity contribution in [3.05, 3.63) is 54.8 Å². The second-order valence-electron chi connectivity index (χ2n) is 7.70. The van der Waals surface area contributed by atoms with Crippen LogP contribution in [0.2, 0.25) is 0 Å². The van der Waals surface area contributed by atoms with Crippen molar-refractivity contribution in [2.45, 2.75) is 53.4 Å². The third-order valence-corrected chi connectivity index (χ3v) is 5.29. The standard InChI is InChI=1S/C24H27NO7/c1-5-7-11-30-23(28)15-10-9-13(3)21-17(15)25-18-16(24(29)31-12-8-6-2)20(27)19(26)14(4)22(18)32-21/h9-10,25H,5-8,11-12H2,1-4H3. The summed E-state index contributed by atoms with van der Waals surface area (Å²) in [7, 11) is 0. The van der Waals surface area contributed by atoms with Gasteiger partial charge in [0.15, 0.2) is 11.3 Å². The number of carbonyl (C=O) groups is 2. The highest BCUT2D eigenvalue weighted by Crippen LogP contribution is 2.31. The Kier molecular flexibility index (Phi) is 7.12. The molecule has 0 aromatic heterocycles. The lowest BCUT2D eigenvalue weighted by Crippen LogP contribution is -2.34. The van der Waals surface area contributed by atoms with Gasteiger partial charge < -0.3 is 18.9 Å². The van der Waals surface area contributed by atoms with Crippen molar-refractivity contribution in [1.82, 2.24) is 4.98 Å². The summed E-state index contributed by atoms with van der Waals surface area (Å²) in [6.45, 7) is 7.56. The number of hydrogen-bond donors (Lipinski definition) is 1. The Balaban J connectivity index is 2.27. The Morgan fingerprint density at radius 1 is 0.938 bits per heavy atom. The summed E-state index contributed by atoms with van der Waals surface area (Å²) in [5, 5.41) is 0. The quantitative estimate of drug-likeness (QED) is 0.242. The molecule has 0 radical (unpaired) electrons. The molecule has 2 aliphatic rings. The molecule has 3 rings (SSSR count). The number of fused-ring (bicyclic) bond motifs is 2. The second-order valence-corrected chi connectivity index (χ2v) is 7.70. The highest BCUT2D eigenvalue weighted by molar-refractivity contribution is 6.04. The summed E-state index contributed by atoms with van der Waals surface area (Å²) in [6, 6.07) is 3.30. The fourth-order valence-corrected chi connectivity index (χ4v) is 3.35. The molecule has 1 heterocycles. The van der Waals surface area contributed by atoms with E-state index in [4.69, 9.17) is 13.9 Å². The van der Waals surface area contributed by atoms with Gasteiger partial charge in [-0.1, -0.05) is 32.8 Å². The monoisotopic (exact) mass is 441 g/mol. The summed E-state index contributed by atoms with van der Waals surface area (Å²) < 4.78 is 16.5. The van der Waals surface area contributed by atoms with Crippen LogP contribution in [0.3, 0.4) is 0 Å². The predicted octanol–water partition coefficient (Wildman–Crippen LogP) is 4.12. The molecule has 0 unspecified atom stereocenters. The third-order valence-electron chi connectivity index (χ3n) is 5.29. The lowest BCUT2D eigenvalue weighted by Gasteiger charge is -2.16. The minimum atomic E-state index is -0.970. The number of H-pyrrole nitrogens is 1. The van der Waals surface area contributed by atoms with Gasteiger partial charge in [-0.25, -0.2) is 9.59 Å². The SMILES string of the molecule is CCCCOC(=O)c1c2[nH]c3c(C(=O)OCCCC)ccc(C)c3oc-2c(C)c(=O)c1=O. The first-order valence-electron chi connectivity index (χ1n) is 10.8. The number of benzene rings is 2. The van der Waals surface area contributed by atoms with Gasteiger partial charge in [-0.2, -0.15) is 0 Å². The highest BCUT2D eigenvalue weighted by Gasteiger charge is 2.29. The van der Waals surface area contributed by atoms with Crippen molar-refractivity contribution in [3.63, 3.8) is 0 Å². The van der Waals surface area contributed by atoms with Crippen LogP contribution in [0.4, 0.5) is 0 Å². The number of unbranched alkanes of at least 4 members (excludes halogenated alkanes) is 2. The maximum Gasteiger partial charge on any atom is 0.344 e. The van der Waals surface area contributed by atoms with E-state index in [1.807, 2.05) is 13.8 Å². The first kappa shape index (κ1) is 23.2. The molecule has 0 fully saturated rings. The van der Waals surface area contributed by atoms with Crippen molar-refractivity contribution in [3.8, 4) is 11.5 Å². The van der Waals surface area contributed by atoms with Crippen LogP contribution in [0.1, 0.15) is 71.4 Å². The average Bonchev–Trinajstić information content (AvgIpc) is 2.77. The van der Waals surface area contributed by atoms with Crippen molar-refractivity contribution in [2.75, 3.05) is 13.2 Å². The summed E-state index contributed by atoms with van der Waals surface area (Å²) in [4.78, 5) is 53.6. The minimum absolute atomic E-state index is 0.0225. The molecule has 170 valence electrons. The maximum absolute atomic E-state index is 12.7. The molecular formula is C24H27NO7. The van der Waals surface area contributed by atoms with E-state index in [0.29, 0.717) is 17.6 Å². The number of aromatic amines is 1. The van der Waals surface area contributed by atoms with Gasteiger partial charge in [0.05, 0.1) is 24.3 Å². The van der Waals surface area contributed by atoms with Crippen LogP contribution in [0.5, 0.6) is 0 Å². The third kappa shape index (κ3) is 4.30. The van der Waals surface area contributed by atoms with Gasteiger partial charge in [-0.05, 0) is 38.3 Å². The fourth-order valence-electron chi connectivity index (χ4n) is 3.35. The van der Waals surface area contributed by atoms with Gasteiger partial charge in [0, 0.05) is 5.56 Å². The zero-order chi connectivity index (χ0) is 23.4. The number of ether oxygens (including phenoxy) is 2. The minimum Gasteiger partial charge on any atom is -0.462 e. The van der Waals surface area contributed by atoms with Crippen molar-refractivity contribution < 1.29 is 23.5 Å². The van der Waals surface area contributed by atoms with Crippen molar-refractivity contribution in [1.29, 1.82) is 0 Å². The Hall–Kier alpha value is -3.42. The first-order chi connectivity index (χ1) is 15.3. The normalized spacial score (nSPS) is 11.1. The molecule has 32 heavy (non-hydrogen) atoms. The van der Waals surface area contributed by atoms with Gasteiger partial charge in [0.1, 0.15) is 11.3 Å². The van der Waals surface area contributed by atoms with E-state index in [9.17, 15) is 19.2 Å². The molecule has 0 spiro atoms. The van der Waals surface area contributed by atoms with Gasteiger partial charge in [-0.15, -0.1) is 0 Å². The van der Waals surface area contributed by atoms with Gasteiger partial charge in [-0.3, -0.25) is 9.59 Å². The zero-order valence-electron chi connectivity index (χ0n) is 18.8. The fraction of sp³-hybridized carbons (Fsp3) is 0.417. The molecule has 8 heteroatoms. The van der Waals surface area contributed by atoms with E-state index in [1.165, 1.54) is 6.92 Å². The molecule has 0 saturated heterocycles. The van der Waals surface area contributed by atoms with Crippen molar-refractivity contribution >= 4 is 23.0 Å². The van der Waals surface area contributed by atoms with E-state index in [1.54, 1.807) is 19.1 Å². The van der Waals surface area contributed by atoms with E-state index in [2.05, 4.69) is 4.98 Å². The predicted molar refractivity (Wildman–Crippen MR) is 120 cm³/mol. The van der Waals surface area contributed by atoms with Crippen LogP contribution >= 0.6 is 0 Å². The number of hydrogen-bond acceptors (Lipinski definition) is 7. The van der Waals surface area contributed by atoms with E-state index in [-0.39, 0.29) is 41.3 Å². The van der Waals surface area contributed by atoms with Gasteiger partial charge >= 0.3 is 11.9 Å². The number of rotatable bonds is 8. The molecule has 1 N–H and O–H groups in total. The maximum atomic E-state index is 12.7. The molecule has 1 aliphatic heterocycles. The number of aromatic nitrogens is 1. The topological polar surface area (TPSA) is 116 Å². The number of nitrogens with one attached hydrogen (secondary N) is 1. The van der Waals surface area contributed by atoms with E-state index in [0.717, 1.165) is 19.3 Å². The molecule has 0 bridgehead atoms. The Bertz CT molecular complexity index is 1250. The summed E-state index contributed by atoms with van der Waals surface area (Å²) in [5.41, 5.74) is -0.622. The summed E-state index contributed by atoms with van der Waals surface area (Å²) in [5.74, 6) is -1.39. The average molecular weight is 441 g/mol. The molecule has 0 amide bonds. The van der Waals surface area contributed by atoms with Crippen LogP contribution < -0.4 is 10.9 Å².